The summed E-state index contributed by atoms with van der Waals surface area (Å²) < 4.78 is 4.95. The van der Waals surface area contributed by atoms with Gasteiger partial charge in [0.15, 0.2) is 0 Å². The summed E-state index contributed by atoms with van der Waals surface area (Å²) in [5.74, 6) is 0. The molecule has 2 aromatic heterocycles. The van der Waals surface area contributed by atoms with E-state index in [9.17, 15) is 0 Å². The van der Waals surface area contributed by atoms with Gasteiger partial charge in [0.1, 0.15) is 5.65 Å². The SMILES string of the molecule is COCCNCC=Cc1c[nH]c2ncccc12. The van der Waals surface area contributed by atoms with Crippen LogP contribution in [0, 0.1) is 0 Å². The van der Waals surface area contributed by atoms with Crippen molar-refractivity contribution in [3.05, 3.63) is 36.2 Å². The Kier molecular flexibility index (Phi) is 4.30. The summed E-state index contributed by atoms with van der Waals surface area (Å²) in [6, 6.07) is 4.02. The number of aromatic amines is 1. The van der Waals surface area contributed by atoms with Crippen LogP contribution >= 0.6 is 0 Å². The molecule has 0 radical (unpaired) electrons. The van der Waals surface area contributed by atoms with E-state index in [1.165, 1.54) is 5.56 Å². The van der Waals surface area contributed by atoms with Gasteiger partial charge in [-0.15, -0.1) is 0 Å². The maximum absolute atomic E-state index is 4.95. The van der Waals surface area contributed by atoms with Gasteiger partial charge >= 0.3 is 0 Å². The molecule has 2 heterocycles. The molecule has 0 spiro atoms. The van der Waals surface area contributed by atoms with E-state index in [2.05, 4.69) is 33.5 Å². The Morgan fingerprint density at radius 3 is 3.35 bits per heavy atom. The van der Waals surface area contributed by atoms with E-state index in [-0.39, 0.29) is 0 Å². The second-order valence-electron chi connectivity index (χ2n) is 3.74. The first-order valence-electron chi connectivity index (χ1n) is 5.70. The summed E-state index contributed by atoms with van der Waals surface area (Å²) >= 11 is 0. The van der Waals surface area contributed by atoms with Crippen molar-refractivity contribution < 1.29 is 4.74 Å². The van der Waals surface area contributed by atoms with Gasteiger partial charge in [-0.3, -0.25) is 0 Å². The van der Waals surface area contributed by atoms with E-state index in [1.54, 1.807) is 13.3 Å². The normalized spacial score (nSPS) is 11.6. The van der Waals surface area contributed by atoms with Gasteiger partial charge in [-0.25, -0.2) is 4.98 Å². The summed E-state index contributed by atoms with van der Waals surface area (Å²) in [5, 5.41) is 4.41. The lowest BCUT2D eigenvalue weighted by Gasteiger charge is -1.98. The highest BCUT2D eigenvalue weighted by atomic mass is 16.5. The number of nitrogens with zero attached hydrogens (tertiary/aromatic N) is 1. The molecule has 0 aliphatic rings. The highest BCUT2D eigenvalue weighted by molar-refractivity contribution is 5.85. The van der Waals surface area contributed by atoms with Crippen LogP contribution in [-0.4, -0.2) is 36.8 Å². The predicted molar refractivity (Wildman–Crippen MR) is 69.9 cm³/mol. The number of hydrogen-bond donors (Lipinski definition) is 2. The van der Waals surface area contributed by atoms with Crippen LogP contribution in [0.5, 0.6) is 0 Å². The quantitative estimate of drug-likeness (QED) is 0.745. The van der Waals surface area contributed by atoms with Crippen molar-refractivity contribution in [3.8, 4) is 0 Å². The first-order valence-corrected chi connectivity index (χ1v) is 5.70. The van der Waals surface area contributed by atoms with Crippen LogP contribution in [-0.2, 0) is 4.74 Å². The number of ether oxygens (including phenoxy) is 1. The maximum atomic E-state index is 4.95. The summed E-state index contributed by atoms with van der Waals surface area (Å²) in [6.45, 7) is 2.46. The molecule has 2 aromatic rings. The number of fused-ring (bicyclic) bond motifs is 1. The Morgan fingerprint density at radius 2 is 2.47 bits per heavy atom. The van der Waals surface area contributed by atoms with Crippen LogP contribution in [0.2, 0.25) is 0 Å². The molecule has 0 saturated carbocycles. The zero-order chi connectivity index (χ0) is 11.9. The zero-order valence-electron chi connectivity index (χ0n) is 9.94. The number of pyridine rings is 1. The van der Waals surface area contributed by atoms with Gasteiger partial charge in [0.25, 0.3) is 0 Å². The van der Waals surface area contributed by atoms with E-state index in [0.29, 0.717) is 0 Å². The Bertz CT molecular complexity index is 490. The van der Waals surface area contributed by atoms with Gasteiger partial charge in [0.2, 0.25) is 0 Å². The molecule has 0 atom stereocenters. The van der Waals surface area contributed by atoms with Gasteiger partial charge < -0.3 is 15.0 Å². The van der Waals surface area contributed by atoms with Crippen LogP contribution in [0.1, 0.15) is 5.56 Å². The maximum Gasteiger partial charge on any atom is 0.137 e. The Labute approximate surface area is 101 Å². The standard InChI is InChI=1S/C13H17N3O/c1-17-9-8-14-6-2-4-11-10-16-13-12(11)5-3-7-15-13/h2-5,7,10,14H,6,8-9H2,1H3,(H,15,16). The average molecular weight is 231 g/mol. The molecule has 0 saturated heterocycles. The molecular formula is C13H17N3O. The van der Waals surface area contributed by atoms with Crippen molar-refractivity contribution in [1.29, 1.82) is 0 Å². The molecular weight excluding hydrogens is 214 g/mol. The molecule has 0 fully saturated rings. The van der Waals surface area contributed by atoms with Crippen molar-refractivity contribution in [1.82, 2.24) is 15.3 Å². The summed E-state index contributed by atoms with van der Waals surface area (Å²) in [4.78, 5) is 7.40. The molecule has 0 aromatic carbocycles. The minimum Gasteiger partial charge on any atom is -0.383 e. The van der Waals surface area contributed by atoms with Gasteiger partial charge in [0, 0.05) is 43.5 Å². The fraction of sp³-hybridized carbons (Fsp3) is 0.308. The Hall–Kier alpha value is -1.65. The lowest BCUT2D eigenvalue weighted by Crippen LogP contribution is -2.18. The van der Waals surface area contributed by atoms with Gasteiger partial charge in [-0.05, 0) is 12.1 Å². The molecule has 0 aliphatic carbocycles. The highest BCUT2D eigenvalue weighted by Gasteiger charge is 1.99. The van der Waals surface area contributed by atoms with Crippen LogP contribution in [0.4, 0.5) is 0 Å². The molecule has 2 rings (SSSR count). The number of H-pyrrole nitrogens is 1. The van der Waals surface area contributed by atoms with Crippen molar-refractivity contribution >= 4 is 17.1 Å². The average Bonchev–Trinajstić information content (AvgIpc) is 2.77. The van der Waals surface area contributed by atoms with Crippen LogP contribution in [0.15, 0.2) is 30.6 Å². The smallest absolute Gasteiger partial charge is 0.137 e. The van der Waals surface area contributed by atoms with Crippen LogP contribution in [0.25, 0.3) is 17.1 Å². The van der Waals surface area contributed by atoms with E-state index in [1.807, 2.05) is 12.3 Å². The van der Waals surface area contributed by atoms with E-state index in [4.69, 9.17) is 4.74 Å². The molecule has 0 amide bonds. The highest BCUT2D eigenvalue weighted by Crippen LogP contribution is 2.16. The second-order valence-corrected chi connectivity index (χ2v) is 3.74. The fourth-order valence-electron chi connectivity index (χ4n) is 1.66. The lowest BCUT2D eigenvalue weighted by atomic mass is 10.2. The molecule has 0 unspecified atom stereocenters. The number of aromatic nitrogens is 2. The van der Waals surface area contributed by atoms with Crippen LogP contribution in [0.3, 0.4) is 0 Å². The van der Waals surface area contributed by atoms with Crippen molar-refractivity contribution in [2.24, 2.45) is 0 Å². The van der Waals surface area contributed by atoms with Crippen molar-refractivity contribution in [2.45, 2.75) is 0 Å². The topological polar surface area (TPSA) is 49.9 Å². The van der Waals surface area contributed by atoms with Gasteiger partial charge in [0.05, 0.1) is 6.61 Å². The number of rotatable bonds is 6. The van der Waals surface area contributed by atoms with E-state index >= 15 is 0 Å². The molecule has 0 aliphatic heterocycles. The molecule has 4 heteroatoms. The first kappa shape index (κ1) is 11.8. The minimum atomic E-state index is 0.741. The number of nitrogens with one attached hydrogen (secondary N) is 2. The molecule has 4 nitrogen and oxygen atoms in total. The third-order valence-electron chi connectivity index (χ3n) is 2.53. The molecule has 17 heavy (non-hydrogen) atoms. The zero-order valence-corrected chi connectivity index (χ0v) is 9.94. The molecule has 0 bridgehead atoms. The van der Waals surface area contributed by atoms with Crippen molar-refractivity contribution in [3.63, 3.8) is 0 Å². The fourth-order valence-corrected chi connectivity index (χ4v) is 1.66. The third-order valence-corrected chi connectivity index (χ3v) is 2.53. The monoisotopic (exact) mass is 231 g/mol. The number of hydrogen-bond acceptors (Lipinski definition) is 3. The Balaban J connectivity index is 1.92. The summed E-state index contributed by atoms with van der Waals surface area (Å²) in [6.07, 6.45) is 7.97. The predicted octanol–water partition coefficient (Wildman–Crippen LogP) is 1.81. The van der Waals surface area contributed by atoms with Gasteiger partial charge in [-0.2, -0.15) is 0 Å². The van der Waals surface area contributed by atoms with E-state index < -0.39 is 0 Å². The van der Waals surface area contributed by atoms with Crippen LogP contribution < -0.4 is 5.32 Å². The van der Waals surface area contributed by atoms with E-state index in [0.717, 1.165) is 30.7 Å². The summed E-state index contributed by atoms with van der Waals surface area (Å²) in [5.41, 5.74) is 2.10. The third kappa shape index (κ3) is 3.15. The molecule has 90 valence electrons. The first-order chi connectivity index (χ1) is 8.42. The lowest BCUT2D eigenvalue weighted by molar-refractivity contribution is 0.200. The van der Waals surface area contributed by atoms with Gasteiger partial charge in [-0.1, -0.05) is 12.2 Å². The van der Waals surface area contributed by atoms with Crippen molar-refractivity contribution in [2.75, 3.05) is 26.8 Å². The second kappa shape index (κ2) is 6.18. The minimum absolute atomic E-state index is 0.741. The largest absolute Gasteiger partial charge is 0.383 e. The number of methoxy groups -OCH3 is 1. The molecule has 2 N–H and O–H groups in total. The summed E-state index contributed by atoms with van der Waals surface area (Å²) in [7, 11) is 1.70. The Morgan fingerprint density at radius 1 is 1.53 bits per heavy atom.